The lowest BCUT2D eigenvalue weighted by molar-refractivity contribution is -0.137. The van der Waals surface area contributed by atoms with E-state index in [9.17, 15) is 22.8 Å². The van der Waals surface area contributed by atoms with Gasteiger partial charge in [0.2, 0.25) is 0 Å². The molecule has 182 valence electrons. The first-order valence-corrected chi connectivity index (χ1v) is 10.7. The number of aliphatic hydroxyl groups is 1. The van der Waals surface area contributed by atoms with Crippen LogP contribution in [-0.4, -0.2) is 30.1 Å². The molecule has 35 heavy (non-hydrogen) atoms. The molecule has 0 atom stereocenters. The molecule has 0 aliphatic carbocycles. The molecule has 6 nitrogen and oxygen atoms in total. The topological polar surface area (TPSA) is 87.7 Å². The number of carbonyl (C=O) groups is 2. The van der Waals surface area contributed by atoms with Crippen molar-refractivity contribution < 1.29 is 32.6 Å². The minimum Gasteiger partial charge on any atom is -0.457 e. The largest absolute Gasteiger partial charge is 0.457 e. The molecule has 0 radical (unpaired) electrons. The Morgan fingerprint density at radius 3 is 2.03 bits per heavy atom. The molecule has 0 unspecified atom stereocenters. The molecule has 3 aromatic rings. The van der Waals surface area contributed by atoms with E-state index >= 15 is 0 Å². The number of ether oxygens (including phenoxy) is 1. The summed E-state index contributed by atoms with van der Waals surface area (Å²) in [5.41, 5.74) is -0.573. The molecule has 0 bridgehead atoms. The number of carbonyl (C=O) groups excluding carboxylic acids is 2. The van der Waals surface area contributed by atoms with Crippen molar-refractivity contribution in [2.45, 2.75) is 6.18 Å². The molecular weight excluding hydrogens is 485 g/mol. The van der Waals surface area contributed by atoms with Gasteiger partial charge in [-0.3, -0.25) is 9.59 Å². The number of alkyl halides is 3. The quantitative estimate of drug-likeness (QED) is 0.375. The second-order valence-electron chi connectivity index (χ2n) is 7.19. The molecular formula is C25H20ClF3N2O4. The lowest BCUT2D eigenvalue weighted by Gasteiger charge is -2.12. The Bertz CT molecular complexity index is 1190. The van der Waals surface area contributed by atoms with Crippen LogP contribution in [0.2, 0.25) is 5.02 Å². The zero-order valence-electron chi connectivity index (χ0n) is 18.1. The Morgan fingerprint density at radius 1 is 0.914 bits per heavy atom. The fourth-order valence-corrected chi connectivity index (χ4v) is 2.99. The molecule has 3 rings (SSSR count). The van der Waals surface area contributed by atoms with Crippen molar-refractivity contribution in [2.75, 3.05) is 13.2 Å². The Labute approximate surface area is 204 Å². The average Bonchev–Trinajstić information content (AvgIpc) is 2.83. The van der Waals surface area contributed by atoms with Crippen molar-refractivity contribution in [3.8, 4) is 11.5 Å². The van der Waals surface area contributed by atoms with Crippen LogP contribution in [0.5, 0.6) is 11.5 Å². The van der Waals surface area contributed by atoms with Gasteiger partial charge in [-0.05, 0) is 72.3 Å². The lowest BCUT2D eigenvalue weighted by Crippen LogP contribution is -2.36. The number of hydrogen-bond donors (Lipinski definition) is 3. The fraction of sp³-hybridized carbons (Fsp3) is 0.120. The van der Waals surface area contributed by atoms with Crippen LogP contribution in [0.4, 0.5) is 13.2 Å². The van der Waals surface area contributed by atoms with Crippen LogP contribution in [0.1, 0.15) is 21.5 Å². The second-order valence-corrected chi connectivity index (χ2v) is 7.63. The third-order valence-electron chi connectivity index (χ3n) is 4.61. The highest BCUT2D eigenvalue weighted by molar-refractivity contribution is 6.30. The van der Waals surface area contributed by atoms with Crippen LogP contribution < -0.4 is 15.4 Å². The second kappa shape index (κ2) is 11.5. The molecule has 0 saturated heterocycles. The van der Waals surface area contributed by atoms with Crippen molar-refractivity contribution in [3.63, 3.8) is 0 Å². The Balaban J connectivity index is 1.76. The Kier molecular flexibility index (Phi) is 8.51. The summed E-state index contributed by atoms with van der Waals surface area (Å²) in [4.78, 5) is 25.2. The van der Waals surface area contributed by atoms with Crippen LogP contribution in [0.3, 0.4) is 0 Å². The predicted octanol–water partition coefficient (Wildman–Crippen LogP) is 5.03. The Hall–Kier alpha value is -3.82. The number of aliphatic hydroxyl groups excluding tert-OH is 1. The van der Waals surface area contributed by atoms with Crippen LogP contribution >= 0.6 is 11.6 Å². The van der Waals surface area contributed by atoms with Crippen molar-refractivity contribution in [1.29, 1.82) is 0 Å². The summed E-state index contributed by atoms with van der Waals surface area (Å²) in [7, 11) is 0. The van der Waals surface area contributed by atoms with Gasteiger partial charge in [0, 0.05) is 17.1 Å². The highest BCUT2D eigenvalue weighted by Gasteiger charge is 2.29. The van der Waals surface area contributed by atoms with Crippen LogP contribution in [0.25, 0.3) is 6.08 Å². The monoisotopic (exact) mass is 504 g/mol. The first kappa shape index (κ1) is 25.8. The highest BCUT2D eigenvalue weighted by atomic mass is 35.5. The number of hydrogen-bond acceptors (Lipinski definition) is 4. The first-order valence-electron chi connectivity index (χ1n) is 10.3. The van der Waals surface area contributed by atoms with Crippen LogP contribution in [0.15, 0.2) is 78.5 Å². The van der Waals surface area contributed by atoms with Gasteiger partial charge in [0.1, 0.15) is 17.2 Å². The minimum absolute atomic E-state index is 0.0736. The molecule has 2 amide bonds. The minimum atomic E-state index is -4.50. The molecule has 0 fully saturated rings. The number of halogens is 4. The maximum atomic E-state index is 12.8. The van der Waals surface area contributed by atoms with Gasteiger partial charge >= 0.3 is 6.18 Å². The number of rotatable bonds is 8. The van der Waals surface area contributed by atoms with Crippen molar-refractivity contribution in [2.24, 2.45) is 0 Å². The molecule has 0 aliphatic rings. The van der Waals surface area contributed by atoms with Gasteiger partial charge in [-0.15, -0.1) is 0 Å². The van der Waals surface area contributed by atoms with Crippen molar-refractivity contribution in [3.05, 3.63) is 100 Å². The van der Waals surface area contributed by atoms with E-state index in [1.165, 1.54) is 30.3 Å². The standard InChI is InChI=1S/C25H20ClF3N2O4/c26-19-7-11-21(12-8-19)35-20-9-3-17(4-10-20)23(33)31-22(24(34)30-13-14-32)15-16-1-5-18(6-2-16)25(27,28)29/h1-12,15,32H,13-14H2,(H,30,34)(H,31,33). The third kappa shape index (κ3) is 7.59. The van der Waals surface area contributed by atoms with Crippen molar-refractivity contribution >= 4 is 29.5 Å². The van der Waals surface area contributed by atoms with Crippen molar-refractivity contribution in [1.82, 2.24) is 10.6 Å². The summed E-state index contributed by atoms with van der Waals surface area (Å²) in [5.74, 6) is -0.325. The van der Waals surface area contributed by atoms with Gasteiger partial charge in [0.05, 0.1) is 12.2 Å². The molecule has 0 aromatic heterocycles. The molecule has 3 N–H and O–H groups in total. The zero-order chi connectivity index (χ0) is 25.4. The van der Waals surface area contributed by atoms with E-state index in [0.29, 0.717) is 16.5 Å². The first-order chi connectivity index (χ1) is 16.7. The van der Waals surface area contributed by atoms with E-state index < -0.39 is 23.6 Å². The van der Waals surface area contributed by atoms with E-state index in [4.69, 9.17) is 21.4 Å². The molecule has 10 heteroatoms. The van der Waals surface area contributed by atoms with Gasteiger partial charge in [0.25, 0.3) is 11.8 Å². The average molecular weight is 505 g/mol. The summed E-state index contributed by atoms with van der Waals surface area (Å²) in [6.45, 7) is -0.405. The summed E-state index contributed by atoms with van der Waals surface area (Å²) in [5, 5.41) is 14.4. The van der Waals surface area contributed by atoms with Crippen LogP contribution in [0, 0.1) is 0 Å². The van der Waals surface area contributed by atoms with E-state index in [0.717, 1.165) is 12.1 Å². The van der Waals surface area contributed by atoms with Gasteiger partial charge in [-0.2, -0.15) is 13.2 Å². The fourth-order valence-electron chi connectivity index (χ4n) is 2.87. The van der Waals surface area contributed by atoms with E-state index in [2.05, 4.69) is 10.6 Å². The van der Waals surface area contributed by atoms with Gasteiger partial charge < -0.3 is 20.5 Å². The normalized spacial score (nSPS) is 11.6. The number of benzene rings is 3. The van der Waals surface area contributed by atoms with Gasteiger partial charge in [-0.1, -0.05) is 23.7 Å². The van der Waals surface area contributed by atoms with E-state index in [-0.39, 0.29) is 30.0 Å². The Morgan fingerprint density at radius 2 is 1.49 bits per heavy atom. The van der Waals surface area contributed by atoms with E-state index in [1.807, 2.05) is 0 Å². The number of nitrogens with one attached hydrogen (secondary N) is 2. The molecule has 0 aliphatic heterocycles. The lowest BCUT2D eigenvalue weighted by atomic mass is 10.1. The summed E-state index contributed by atoms with van der Waals surface area (Å²) < 4.78 is 44.1. The van der Waals surface area contributed by atoms with Gasteiger partial charge in [0.15, 0.2) is 0 Å². The molecule has 0 spiro atoms. The smallest absolute Gasteiger partial charge is 0.416 e. The van der Waals surface area contributed by atoms with Crippen LogP contribution in [-0.2, 0) is 11.0 Å². The van der Waals surface area contributed by atoms with E-state index in [1.54, 1.807) is 36.4 Å². The van der Waals surface area contributed by atoms with Gasteiger partial charge in [-0.25, -0.2) is 0 Å². The number of amides is 2. The summed E-state index contributed by atoms with van der Waals surface area (Å²) >= 11 is 5.85. The summed E-state index contributed by atoms with van der Waals surface area (Å²) in [6, 6.07) is 16.9. The third-order valence-corrected chi connectivity index (χ3v) is 4.86. The molecule has 0 heterocycles. The molecule has 0 saturated carbocycles. The SMILES string of the molecule is O=C(NCCO)C(=Cc1ccc(C(F)(F)F)cc1)NC(=O)c1ccc(Oc2ccc(Cl)cc2)cc1. The summed E-state index contributed by atoms with van der Waals surface area (Å²) in [6.07, 6.45) is -3.26. The highest BCUT2D eigenvalue weighted by Crippen LogP contribution is 2.29. The maximum absolute atomic E-state index is 12.8. The maximum Gasteiger partial charge on any atom is 0.416 e. The predicted molar refractivity (Wildman–Crippen MR) is 125 cm³/mol. The zero-order valence-corrected chi connectivity index (χ0v) is 18.9. The molecule has 3 aromatic carbocycles.